The molecular weight excluding hydrogens is 252 g/mol. The maximum Gasteiger partial charge on any atom is 0.321 e. The number of nitrogens with one attached hydrogen (secondary N) is 2. The summed E-state index contributed by atoms with van der Waals surface area (Å²) < 4.78 is 5.25. The minimum atomic E-state index is -1.06. The molecule has 0 unspecified atom stereocenters. The van der Waals surface area contributed by atoms with Gasteiger partial charge in [-0.3, -0.25) is 14.9 Å². The second kappa shape index (κ2) is 7.08. The van der Waals surface area contributed by atoms with E-state index in [1.807, 2.05) is 0 Å². The highest BCUT2D eigenvalue weighted by molar-refractivity contribution is 5.95. The molecule has 0 aliphatic carbocycles. The number of urea groups is 1. The molecule has 0 aromatic rings. The number of amides is 3. The predicted molar refractivity (Wildman–Crippen MR) is 66.6 cm³/mol. The number of rotatable bonds is 5. The number of carbonyl (C=O) groups is 3. The number of carboxylic acid groups (broad SMARTS) is 1. The Morgan fingerprint density at radius 1 is 1.21 bits per heavy atom. The van der Waals surface area contributed by atoms with Gasteiger partial charge in [-0.1, -0.05) is 6.92 Å². The largest absolute Gasteiger partial charge is 0.481 e. The van der Waals surface area contributed by atoms with Crippen LogP contribution in [0.2, 0.25) is 0 Å². The van der Waals surface area contributed by atoms with Gasteiger partial charge in [-0.25, -0.2) is 4.79 Å². The predicted octanol–water partition coefficient (Wildman–Crippen LogP) is 0.494. The third-order valence-corrected chi connectivity index (χ3v) is 3.19. The summed E-state index contributed by atoms with van der Waals surface area (Å²) in [5.41, 5.74) is -0.0142. The molecule has 19 heavy (non-hydrogen) atoms. The molecule has 1 fully saturated rings. The van der Waals surface area contributed by atoms with Crippen molar-refractivity contribution in [2.45, 2.75) is 32.6 Å². The van der Waals surface area contributed by atoms with Gasteiger partial charge < -0.3 is 15.2 Å². The Morgan fingerprint density at radius 3 is 2.42 bits per heavy atom. The Bertz CT molecular complexity index is 350. The van der Waals surface area contributed by atoms with E-state index >= 15 is 0 Å². The van der Waals surface area contributed by atoms with Crippen molar-refractivity contribution in [1.29, 1.82) is 0 Å². The van der Waals surface area contributed by atoms with E-state index in [1.54, 1.807) is 0 Å². The molecule has 0 atom stereocenters. The van der Waals surface area contributed by atoms with Crippen LogP contribution in [0, 0.1) is 5.41 Å². The average molecular weight is 272 g/mol. The van der Waals surface area contributed by atoms with Gasteiger partial charge in [0.1, 0.15) is 0 Å². The Kier molecular flexibility index (Phi) is 5.75. The van der Waals surface area contributed by atoms with Crippen molar-refractivity contribution in [1.82, 2.24) is 10.6 Å². The van der Waals surface area contributed by atoms with E-state index in [1.165, 1.54) is 0 Å². The van der Waals surface area contributed by atoms with Crippen LogP contribution >= 0.6 is 0 Å². The van der Waals surface area contributed by atoms with E-state index in [9.17, 15) is 14.4 Å². The maximum absolute atomic E-state index is 11.5. The molecule has 7 nitrogen and oxygen atoms in total. The van der Waals surface area contributed by atoms with Crippen LogP contribution in [0.5, 0.6) is 0 Å². The van der Waals surface area contributed by atoms with Crippen LogP contribution < -0.4 is 10.6 Å². The van der Waals surface area contributed by atoms with Crippen LogP contribution in [0.3, 0.4) is 0 Å². The topological polar surface area (TPSA) is 105 Å². The zero-order valence-electron chi connectivity index (χ0n) is 11.0. The first-order valence-corrected chi connectivity index (χ1v) is 6.28. The van der Waals surface area contributed by atoms with Crippen LogP contribution in [-0.2, 0) is 14.3 Å². The number of hydrogen-bond acceptors (Lipinski definition) is 4. The fourth-order valence-electron chi connectivity index (χ4n) is 1.79. The third-order valence-electron chi connectivity index (χ3n) is 3.19. The summed E-state index contributed by atoms with van der Waals surface area (Å²) in [4.78, 5) is 33.0. The molecule has 1 aliphatic heterocycles. The number of carboxylic acids is 1. The zero-order chi connectivity index (χ0) is 14.3. The molecule has 0 saturated carbocycles. The van der Waals surface area contributed by atoms with Gasteiger partial charge in [0, 0.05) is 26.2 Å². The number of imide groups is 1. The summed E-state index contributed by atoms with van der Waals surface area (Å²) in [7, 11) is 0. The van der Waals surface area contributed by atoms with Gasteiger partial charge in [0.2, 0.25) is 5.91 Å². The molecule has 3 N–H and O–H groups in total. The lowest BCUT2D eigenvalue weighted by Gasteiger charge is -2.33. The minimum Gasteiger partial charge on any atom is -0.481 e. The molecule has 1 heterocycles. The number of carbonyl (C=O) groups excluding carboxylic acids is 2. The Morgan fingerprint density at radius 2 is 1.84 bits per heavy atom. The van der Waals surface area contributed by atoms with Crippen molar-refractivity contribution in [3.8, 4) is 0 Å². The fraction of sp³-hybridized carbons (Fsp3) is 0.750. The fourth-order valence-corrected chi connectivity index (χ4v) is 1.79. The number of ether oxygens (including phenoxy) is 1. The smallest absolute Gasteiger partial charge is 0.321 e. The van der Waals surface area contributed by atoms with Gasteiger partial charge in [-0.15, -0.1) is 0 Å². The molecular formula is C12H20N2O5. The van der Waals surface area contributed by atoms with E-state index < -0.39 is 17.9 Å². The normalized spacial score (nSPS) is 17.5. The maximum atomic E-state index is 11.5. The highest BCUT2D eigenvalue weighted by Gasteiger charge is 2.27. The lowest BCUT2D eigenvalue weighted by molar-refractivity contribution is -0.138. The van der Waals surface area contributed by atoms with Gasteiger partial charge in [-0.2, -0.15) is 0 Å². The van der Waals surface area contributed by atoms with Crippen LogP contribution in [0.25, 0.3) is 0 Å². The molecule has 7 heteroatoms. The molecule has 1 rings (SSSR count). The molecule has 0 aromatic heterocycles. The Labute approximate surface area is 111 Å². The number of aliphatic carboxylic acids is 1. The summed E-state index contributed by atoms with van der Waals surface area (Å²) in [6, 6.07) is -0.580. The Balaban J connectivity index is 2.23. The van der Waals surface area contributed by atoms with Crippen molar-refractivity contribution in [2.24, 2.45) is 5.41 Å². The molecule has 0 radical (unpaired) electrons. The third kappa shape index (κ3) is 6.19. The van der Waals surface area contributed by atoms with Gasteiger partial charge >= 0.3 is 12.0 Å². The van der Waals surface area contributed by atoms with E-state index in [0.29, 0.717) is 19.8 Å². The van der Waals surface area contributed by atoms with Gasteiger partial charge in [0.05, 0.1) is 6.42 Å². The monoisotopic (exact) mass is 272 g/mol. The van der Waals surface area contributed by atoms with E-state index in [2.05, 4.69) is 17.6 Å². The molecule has 0 spiro atoms. The van der Waals surface area contributed by atoms with Crippen molar-refractivity contribution < 1.29 is 24.2 Å². The number of hydrogen-bond donors (Lipinski definition) is 3. The summed E-state index contributed by atoms with van der Waals surface area (Å²) in [5, 5.41) is 13.2. The highest BCUT2D eigenvalue weighted by Crippen LogP contribution is 2.28. The van der Waals surface area contributed by atoms with Crippen molar-refractivity contribution in [3.63, 3.8) is 0 Å². The van der Waals surface area contributed by atoms with Crippen LogP contribution in [-0.4, -0.2) is 42.8 Å². The van der Waals surface area contributed by atoms with Gasteiger partial charge in [0.25, 0.3) is 0 Å². The second-order valence-electron chi connectivity index (χ2n) is 5.05. The molecule has 3 amide bonds. The lowest BCUT2D eigenvalue weighted by Crippen LogP contribution is -2.45. The average Bonchev–Trinajstić information content (AvgIpc) is 2.35. The molecule has 1 saturated heterocycles. The SMILES string of the molecule is CC1(CNC(=O)NC(=O)CCC(=O)O)CCOCC1. The first kappa shape index (κ1) is 15.4. The standard InChI is InChI=1S/C12H20N2O5/c1-12(4-6-19-7-5-12)8-13-11(18)14-9(15)2-3-10(16)17/h2-8H2,1H3,(H,16,17)(H2,13,14,15,18). The Hall–Kier alpha value is -1.63. The summed E-state index contributed by atoms with van der Waals surface area (Å²) in [5.74, 6) is -1.65. The zero-order valence-corrected chi connectivity index (χ0v) is 11.0. The van der Waals surface area contributed by atoms with Crippen molar-refractivity contribution >= 4 is 17.9 Å². The molecule has 1 aliphatic rings. The van der Waals surface area contributed by atoms with Crippen molar-refractivity contribution in [2.75, 3.05) is 19.8 Å². The minimum absolute atomic E-state index is 0.0142. The molecule has 0 bridgehead atoms. The van der Waals surface area contributed by atoms with Crippen LogP contribution in [0.15, 0.2) is 0 Å². The quantitative estimate of drug-likeness (QED) is 0.675. The highest BCUT2D eigenvalue weighted by atomic mass is 16.5. The first-order valence-electron chi connectivity index (χ1n) is 6.28. The van der Waals surface area contributed by atoms with Gasteiger partial charge in [0.15, 0.2) is 0 Å². The second-order valence-corrected chi connectivity index (χ2v) is 5.05. The van der Waals surface area contributed by atoms with Crippen LogP contribution in [0.4, 0.5) is 4.79 Å². The lowest BCUT2D eigenvalue weighted by atomic mass is 9.82. The first-order chi connectivity index (χ1) is 8.91. The van der Waals surface area contributed by atoms with Crippen molar-refractivity contribution in [3.05, 3.63) is 0 Å². The van der Waals surface area contributed by atoms with Crippen LogP contribution in [0.1, 0.15) is 32.6 Å². The van der Waals surface area contributed by atoms with E-state index in [0.717, 1.165) is 12.8 Å². The van der Waals surface area contributed by atoms with Gasteiger partial charge in [-0.05, 0) is 18.3 Å². The summed E-state index contributed by atoms with van der Waals surface area (Å²) in [6.45, 7) is 3.88. The summed E-state index contributed by atoms with van der Waals surface area (Å²) >= 11 is 0. The summed E-state index contributed by atoms with van der Waals surface area (Å²) in [6.07, 6.45) is 1.24. The van der Waals surface area contributed by atoms with E-state index in [4.69, 9.17) is 9.84 Å². The molecule has 0 aromatic carbocycles. The van der Waals surface area contributed by atoms with E-state index in [-0.39, 0.29) is 18.3 Å². The molecule has 108 valence electrons.